The molecule has 0 aromatic carbocycles. The minimum Gasteiger partial charge on any atom is -0.487 e. The normalized spacial score (nSPS) is 17.1. The van der Waals surface area contributed by atoms with Crippen LogP contribution in [0.5, 0.6) is 11.6 Å². The number of ether oxygens (including phenoxy) is 2. The molecule has 1 amide bonds. The Labute approximate surface area is 142 Å². The van der Waals surface area contributed by atoms with Crippen molar-refractivity contribution >= 4 is 21.8 Å². The third-order valence-electron chi connectivity index (χ3n) is 3.66. The molecule has 1 fully saturated rings. The summed E-state index contributed by atoms with van der Waals surface area (Å²) >= 11 is 3.41. The second-order valence-electron chi connectivity index (χ2n) is 5.15. The highest BCUT2D eigenvalue weighted by Crippen LogP contribution is 2.27. The lowest BCUT2D eigenvalue weighted by atomic mass is 10.2. The molecule has 23 heavy (non-hydrogen) atoms. The average Bonchev–Trinajstić information content (AvgIpc) is 3.05. The van der Waals surface area contributed by atoms with Crippen molar-refractivity contribution in [1.29, 1.82) is 0 Å². The smallest absolute Gasteiger partial charge is 0.259 e. The van der Waals surface area contributed by atoms with Gasteiger partial charge in [-0.05, 0) is 34.1 Å². The van der Waals surface area contributed by atoms with Crippen LogP contribution in [0.3, 0.4) is 0 Å². The topological polar surface area (TPSA) is 64.5 Å². The first-order valence-electron chi connectivity index (χ1n) is 7.23. The third-order valence-corrected chi connectivity index (χ3v) is 4.25. The van der Waals surface area contributed by atoms with Gasteiger partial charge in [0.05, 0.1) is 18.1 Å². The van der Waals surface area contributed by atoms with E-state index in [0.717, 1.165) is 16.6 Å². The number of likely N-dealkylation sites (tertiary alicyclic amines) is 1. The van der Waals surface area contributed by atoms with Gasteiger partial charge in [-0.25, -0.2) is 4.98 Å². The molecule has 3 heterocycles. The van der Waals surface area contributed by atoms with E-state index in [1.54, 1.807) is 41.7 Å². The Hall–Kier alpha value is -2.15. The van der Waals surface area contributed by atoms with Crippen molar-refractivity contribution in [3.8, 4) is 11.6 Å². The molecule has 120 valence electrons. The number of methoxy groups -OCH3 is 1. The van der Waals surface area contributed by atoms with Crippen LogP contribution in [0, 0.1) is 0 Å². The standard InChI is InChI=1S/C16H16BrN3O3/c1-22-15-12(3-2-6-19-15)16(21)20-8-5-11(10-20)23-14-4-7-18-9-13(14)17/h2-4,6-7,9,11H,5,8,10H2,1H3. The Kier molecular flexibility index (Phi) is 4.76. The summed E-state index contributed by atoms with van der Waals surface area (Å²) < 4.78 is 11.9. The second-order valence-corrected chi connectivity index (χ2v) is 6.00. The summed E-state index contributed by atoms with van der Waals surface area (Å²) in [5.74, 6) is 0.992. The SMILES string of the molecule is COc1ncccc1C(=O)N1CCC(Oc2ccncc2Br)C1. The monoisotopic (exact) mass is 377 g/mol. The van der Waals surface area contributed by atoms with Gasteiger partial charge in [0.2, 0.25) is 5.88 Å². The van der Waals surface area contributed by atoms with Crippen LogP contribution in [0.4, 0.5) is 0 Å². The van der Waals surface area contributed by atoms with Crippen LogP contribution in [-0.2, 0) is 0 Å². The first kappa shape index (κ1) is 15.7. The van der Waals surface area contributed by atoms with Gasteiger partial charge < -0.3 is 14.4 Å². The van der Waals surface area contributed by atoms with Crippen LogP contribution in [-0.4, -0.2) is 47.1 Å². The zero-order chi connectivity index (χ0) is 16.2. The summed E-state index contributed by atoms with van der Waals surface area (Å²) in [7, 11) is 1.51. The van der Waals surface area contributed by atoms with Gasteiger partial charge in [0.15, 0.2) is 0 Å². The number of pyridine rings is 2. The molecule has 0 radical (unpaired) electrons. The molecule has 0 N–H and O–H groups in total. The van der Waals surface area contributed by atoms with Gasteiger partial charge in [-0.2, -0.15) is 0 Å². The Balaban J connectivity index is 1.68. The fourth-order valence-corrected chi connectivity index (χ4v) is 2.88. The molecule has 7 heteroatoms. The summed E-state index contributed by atoms with van der Waals surface area (Å²) in [4.78, 5) is 22.5. The van der Waals surface area contributed by atoms with Crippen LogP contribution < -0.4 is 9.47 Å². The molecule has 2 aromatic heterocycles. The Morgan fingerprint density at radius 1 is 1.39 bits per heavy atom. The van der Waals surface area contributed by atoms with E-state index in [1.807, 2.05) is 0 Å². The summed E-state index contributed by atoms with van der Waals surface area (Å²) in [6.07, 6.45) is 5.71. The van der Waals surface area contributed by atoms with Gasteiger partial charge in [-0.1, -0.05) is 0 Å². The maximum Gasteiger partial charge on any atom is 0.259 e. The van der Waals surface area contributed by atoms with Crippen molar-refractivity contribution in [3.05, 3.63) is 46.8 Å². The maximum atomic E-state index is 12.6. The van der Waals surface area contributed by atoms with E-state index in [-0.39, 0.29) is 12.0 Å². The molecule has 3 rings (SSSR count). The first-order chi connectivity index (χ1) is 11.2. The molecular weight excluding hydrogens is 362 g/mol. The highest BCUT2D eigenvalue weighted by molar-refractivity contribution is 9.10. The third kappa shape index (κ3) is 3.44. The summed E-state index contributed by atoms with van der Waals surface area (Å²) in [6, 6.07) is 5.26. The molecule has 0 aliphatic carbocycles. The molecule has 6 nitrogen and oxygen atoms in total. The van der Waals surface area contributed by atoms with Gasteiger partial charge in [-0.3, -0.25) is 9.78 Å². The first-order valence-corrected chi connectivity index (χ1v) is 8.03. The van der Waals surface area contributed by atoms with E-state index >= 15 is 0 Å². The fraction of sp³-hybridized carbons (Fsp3) is 0.312. The quantitative estimate of drug-likeness (QED) is 0.818. The number of hydrogen-bond donors (Lipinski definition) is 0. The van der Waals surface area contributed by atoms with Gasteiger partial charge in [0.1, 0.15) is 17.4 Å². The zero-order valence-electron chi connectivity index (χ0n) is 12.6. The largest absolute Gasteiger partial charge is 0.487 e. The Bertz CT molecular complexity index is 710. The van der Waals surface area contributed by atoms with Crippen LogP contribution >= 0.6 is 15.9 Å². The van der Waals surface area contributed by atoms with Crippen molar-refractivity contribution in [1.82, 2.24) is 14.9 Å². The van der Waals surface area contributed by atoms with Gasteiger partial charge in [0.25, 0.3) is 5.91 Å². The molecule has 0 bridgehead atoms. The van der Waals surface area contributed by atoms with Crippen LogP contribution in [0.2, 0.25) is 0 Å². The second kappa shape index (κ2) is 6.95. The number of hydrogen-bond acceptors (Lipinski definition) is 5. The lowest BCUT2D eigenvalue weighted by molar-refractivity contribution is 0.0768. The van der Waals surface area contributed by atoms with Crippen molar-refractivity contribution in [2.24, 2.45) is 0 Å². The summed E-state index contributed by atoms with van der Waals surface area (Å²) in [5, 5.41) is 0. The molecule has 1 saturated heterocycles. The lowest BCUT2D eigenvalue weighted by Gasteiger charge is -2.18. The van der Waals surface area contributed by atoms with E-state index in [0.29, 0.717) is 24.5 Å². The Morgan fingerprint density at radius 2 is 2.26 bits per heavy atom. The van der Waals surface area contributed by atoms with E-state index in [2.05, 4.69) is 25.9 Å². The van der Waals surface area contributed by atoms with E-state index in [1.165, 1.54) is 7.11 Å². The predicted molar refractivity (Wildman–Crippen MR) is 87.7 cm³/mol. The highest BCUT2D eigenvalue weighted by Gasteiger charge is 2.30. The molecule has 0 saturated carbocycles. The van der Waals surface area contributed by atoms with Crippen LogP contribution in [0.25, 0.3) is 0 Å². The predicted octanol–water partition coefficient (Wildman–Crippen LogP) is 2.54. The zero-order valence-corrected chi connectivity index (χ0v) is 14.2. The summed E-state index contributed by atoms with van der Waals surface area (Å²) in [5.41, 5.74) is 0.473. The fourth-order valence-electron chi connectivity index (χ4n) is 2.53. The number of aromatic nitrogens is 2. The maximum absolute atomic E-state index is 12.6. The molecule has 1 atom stereocenters. The average molecular weight is 378 g/mol. The van der Waals surface area contributed by atoms with E-state index < -0.39 is 0 Å². The van der Waals surface area contributed by atoms with E-state index in [9.17, 15) is 4.79 Å². The summed E-state index contributed by atoms with van der Waals surface area (Å²) in [6.45, 7) is 1.18. The number of carbonyl (C=O) groups excluding carboxylic acids is 1. The van der Waals surface area contributed by atoms with Gasteiger partial charge >= 0.3 is 0 Å². The molecular formula is C16H16BrN3O3. The van der Waals surface area contributed by atoms with Crippen molar-refractivity contribution < 1.29 is 14.3 Å². The van der Waals surface area contributed by atoms with E-state index in [4.69, 9.17) is 9.47 Å². The van der Waals surface area contributed by atoms with Crippen LogP contribution in [0.15, 0.2) is 41.3 Å². The van der Waals surface area contributed by atoms with Gasteiger partial charge in [-0.15, -0.1) is 0 Å². The number of amides is 1. The number of halogens is 1. The van der Waals surface area contributed by atoms with Crippen molar-refractivity contribution in [3.63, 3.8) is 0 Å². The van der Waals surface area contributed by atoms with Gasteiger partial charge in [0, 0.05) is 31.6 Å². The molecule has 1 unspecified atom stereocenters. The van der Waals surface area contributed by atoms with Crippen LogP contribution in [0.1, 0.15) is 16.8 Å². The number of carbonyl (C=O) groups is 1. The molecule has 1 aliphatic heterocycles. The number of nitrogens with zero attached hydrogens (tertiary/aromatic N) is 3. The highest BCUT2D eigenvalue weighted by atomic mass is 79.9. The lowest BCUT2D eigenvalue weighted by Crippen LogP contribution is -2.31. The molecule has 0 spiro atoms. The Morgan fingerprint density at radius 3 is 3.04 bits per heavy atom. The molecule has 1 aliphatic rings. The minimum absolute atomic E-state index is 0.0414. The van der Waals surface area contributed by atoms with Crippen molar-refractivity contribution in [2.75, 3.05) is 20.2 Å². The number of rotatable bonds is 4. The van der Waals surface area contributed by atoms with Crippen molar-refractivity contribution in [2.45, 2.75) is 12.5 Å². The minimum atomic E-state index is -0.0881. The molecule has 2 aromatic rings.